The van der Waals surface area contributed by atoms with Gasteiger partial charge in [-0.1, -0.05) is 0 Å². The van der Waals surface area contributed by atoms with Crippen molar-refractivity contribution in [1.82, 2.24) is 0 Å². The molecule has 0 saturated carbocycles. The van der Waals surface area contributed by atoms with Crippen LogP contribution >= 0.6 is 21.2 Å². The fraction of sp³-hybridized carbons (Fsp3) is 0. The van der Waals surface area contributed by atoms with E-state index in [0.717, 1.165) is 0 Å². The molecule has 11 heteroatoms. The van der Waals surface area contributed by atoms with Crippen LogP contribution in [0.15, 0.2) is 21.9 Å². The molecule has 0 aliphatic heterocycles. The topological polar surface area (TPSA) is 146 Å². The molecule has 0 radical (unpaired) electrons. The molecule has 1 aromatic rings. The predicted octanol–water partition coefficient (Wildman–Crippen LogP) is 0.371. The fourth-order valence-corrected chi connectivity index (χ4v) is 3.98. The van der Waals surface area contributed by atoms with Gasteiger partial charge in [0.15, 0.2) is 21.2 Å². The van der Waals surface area contributed by atoms with Gasteiger partial charge in [-0.25, -0.2) is 0 Å². The van der Waals surface area contributed by atoms with Crippen molar-refractivity contribution in [3.63, 3.8) is 0 Å². The highest BCUT2D eigenvalue weighted by Gasteiger charge is 2.24. The van der Waals surface area contributed by atoms with Gasteiger partial charge in [0, 0.05) is 6.07 Å². The molecule has 0 amide bonds. The SMILES string of the molecule is O=Ic1c(O)cc(S(=O)(=O)O)cc1S(=O)(=O)O. The van der Waals surface area contributed by atoms with Crippen molar-refractivity contribution in [2.45, 2.75) is 9.79 Å². The summed E-state index contributed by atoms with van der Waals surface area (Å²) in [7, 11) is -9.62. The van der Waals surface area contributed by atoms with Gasteiger partial charge >= 0.3 is 0 Å². The van der Waals surface area contributed by atoms with Crippen molar-refractivity contribution < 1.29 is 34.1 Å². The minimum absolute atomic E-state index is 0.414. The molecule has 0 saturated heterocycles. The van der Waals surface area contributed by atoms with E-state index in [0.29, 0.717) is 12.1 Å². The third-order valence-electron chi connectivity index (χ3n) is 1.65. The monoisotopic (exact) mass is 396 g/mol. The van der Waals surface area contributed by atoms with Crippen LogP contribution in [0.3, 0.4) is 0 Å². The molecule has 0 unspecified atom stereocenters. The molecule has 0 fully saturated rings. The smallest absolute Gasteiger partial charge is 0.295 e. The Hall–Kier alpha value is -0.630. The first-order chi connectivity index (χ1) is 7.57. The molecule has 0 aromatic heterocycles. The minimum Gasteiger partial charge on any atom is -0.507 e. The lowest BCUT2D eigenvalue weighted by Gasteiger charge is -2.05. The summed E-state index contributed by atoms with van der Waals surface area (Å²) < 4.78 is 70.9. The Morgan fingerprint density at radius 3 is 1.88 bits per heavy atom. The second-order valence-corrected chi connectivity index (χ2v) is 7.11. The van der Waals surface area contributed by atoms with Crippen molar-refractivity contribution in [1.29, 1.82) is 0 Å². The van der Waals surface area contributed by atoms with E-state index in [1.807, 2.05) is 0 Å². The summed E-state index contributed by atoms with van der Waals surface area (Å²) in [6, 6.07) is 0.953. The van der Waals surface area contributed by atoms with E-state index in [1.54, 1.807) is 0 Å². The molecular formula is C6H5IO8S2. The molecule has 0 aliphatic rings. The number of aromatic hydroxyl groups is 1. The average Bonchev–Trinajstić information content (AvgIpc) is 2.13. The third kappa shape index (κ3) is 3.19. The van der Waals surface area contributed by atoms with E-state index < -0.39 is 60.5 Å². The summed E-state index contributed by atoms with van der Waals surface area (Å²) in [5.41, 5.74) is 0. The third-order valence-corrected chi connectivity index (χ3v) is 5.30. The Morgan fingerprint density at radius 1 is 1.00 bits per heavy atom. The van der Waals surface area contributed by atoms with Gasteiger partial charge in [-0.2, -0.15) is 16.8 Å². The van der Waals surface area contributed by atoms with Crippen LogP contribution < -0.4 is 0 Å². The maximum atomic E-state index is 10.9. The lowest BCUT2D eigenvalue weighted by atomic mass is 10.3. The summed E-state index contributed by atoms with van der Waals surface area (Å²) in [4.78, 5) is -1.93. The van der Waals surface area contributed by atoms with Gasteiger partial charge in [-0.15, -0.1) is 0 Å². The first kappa shape index (κ1) is 14.4. The molecule has 0 heterocycles. The van der Waals surface area contributed by atoms with Crippen LogP contribution in [0.5, 0.6) is 5.75 Å². The second-order valence-electron chi connectivity index (χ2n) is 2.78. The number of phenolic OH excluding ortho intramolecular Hbond substituents is 1. The largest absolute Gasteiger partial charge is 0.507 e. The first-order valence-corrected chi connectivity index (χ1v) is 8.50. The molecule has 1 rings (SSSR count). The summed E-state index contributed by atoms with van der Waals surface area (Å²) in [6.07, 6.45) is 0. The average molecular weight is 396 g/mol. The molecule has 17 heavy (non-hydrogen) atoms. The summed E-state index contributed by atoms with van der Waals surface area (Å²) in [5, 5.41) is 9.28. The summed E-state index contributed by atoms with van der Waals surface area (Å²) in [5.74, 6) is -0.893. The predicted molar refractivity (Wildman–Crippen MR) is 61.1 cm³/mol. The van der Waals surface area contributed by atoms with Gasteiger partial charge in [0.25, 0.3) is 20.2 Å². The second kappa shape index (κ2) is 4.56. The van der Waals surface area contributed by atoms with Crippen molar-refractivity contribution in [2.24, 2.45) is 0 Å². The number of hydrogen-bond acceptors (Lipinski definition) is 6. The number of hydrogen-bond donors (Lipinski definition) is 3. The molecule has 96 valence electrons. The van der Waals surface area contributed by atoms with E-state index in [4.69, 9.17) is 9.11 Å². The Balaban J connectivity index is 3.81. The Morgan fingerprint density at radius 2 is 1.53 bits per heavy atom. The van der Waals surface area contributed by atoms with Gasteiger partial charge in [0.2, 0.25) is 0 Å². The van der Waals surface area contributed by atoms with Crippen LogP contribution in [0, 0.1) is 3.57 Å². The number of rotatable bonds is 3. The number of phenols is 1. The molecular weight excluding hydrogens is 391 g/mol. The van der Waals surface area contributed by atoms with Gasteiger partial charge in [-0.05, 0) is 6.07 Å². The van der Waals surface area contributed by atoms with Crippen molar-refractivity contribution in [3.05, 3.63) is 15.7 Å². The minimum atomic E-state index is -4.86. The summed E-state index contributed by atoms with van der Waals surface area (Å²) in [6.45, 7) is 0. The van der Waals surface area contributed by atoms with Gasteiger partial charge in [0.1, 0.15) is 14.2 Å². The van der Waals surface area contributed by atoms with Crippen LogP contribution in [-0.2, 0) is 23.3 Å². The fourth-order valence-electron chi connectivity index (χ4n) is 0.973. The maximum Gasteiger partial charge on any atom is 0.295 e. The highest BCUT2D eigenvalue weighted by molar-refractivity contribution is 14.1. The van der Waals surface area contributed by atoms with Crippen molar-refractivity contribution in [3.8, 4) is 5.75 Å². The molecule has 0 aliphatic carbocycles. The highest BCUT2D eigenvalue weighted by atomic mass is 127. The summed E-state index contributed by atoms with van der Waals surface area (Å²) >= 11 is -2.17. The number of benzene rings is 1. The Bertz CT molecular complexity index is 674. The van der Waals surface area contributed by atoms with E-state index in [9.17, 15) is 25.0 Å². The zero-order chi connectivity index (χ0) is 13.4. The van der Waals surface area contributed by atoms with E-state index in [1.165, 1.54) is 0 Å². The van der Waals surface area contributed by atoms with E-state index >= 15 is 0 Å². The molecule has 0 spiro atoms. The Labute approximate surface area is 106 Å². The zero-order valence-electron chi connectivity index (χ0n) is 7.73. The molecule has 8 nitrogen and oxygen atoms in total. The first-order valence-electron chi connectivity index (χ1n) is 3.66. The van der Waals surface area contributed by atoms with Crippen molar-refractivity contribution >= 4 is 41.4 Å². The van der Waals surface area contributed by atoms with Gasteiger partial charge < -0.3 is 5.11 Å². The molecule has 0 atom stereocenters. The standard InChI is InChI=1S/C6H5IO8S2/c8-4-1-3(16(10,11)12)2-5(6(4)7-9)17(13,14)15/h1-2,8H,(H,10,11,12)(H,13,14,15). The molecule has 1 aromatic carbocycles. The maximum absolute atomic E-state index is 10.9. The van der Waals surface area contributed by atoms with Crippen LogP contribution in [0.25, 0.3) is 0 Å². The van der Waals surface area contributed by atoms with E-state index in [-0.39, 0.29) is 0 Å². The molecule has 0 bridgehead atoms. The lowest BCUT2D eigenvalue weighted by Crippen LogP contribution is -2.05. The van der Waals surface area contributed by atoms with Crippen LogP contribution in [0.1, 0.15) is 0 Å². The van der Waals surface area contributed by atoms with Crippen LogP contribution in [0.2, 0.25) is 0 Å². The van der Waals surface area contributed by atoms with Crippen LogP contribution in [-0.4, -0.2) is 31.0 Å². The normalized spacial score (nSPS) is 12.6. The van der Waals surface area contributed by atoms with Gasteiger partial charge in [-0.3, -0.25) is 12.2 Å². The zero-order valence-corrected chi connectivity index (χ0v) is 11.5. The quantitative estimate of drug-likeness (QED) is 0.491. The van der Waals surface area contributed by atoms with E-state index in [2.05, 4.69) is 0 Å². The van der Waals surface area contributed by atoms with Crippen LogP contribution in [0.4, 0.5) is 0 Å². The molecule has 3 N–H and O–H groups in total. The van der Waals surface area contributed by atoms with Crippen molar-refractivity contribution in [2.75, 3.05) is 0 Å². The lowest BCUT2D eigenvalue weighted by molar-refractivity contribution is 0.455. The number of halogens is 1. The van der Waals surface area contributed by atoms with Gasteiger partial charge in [0.05, 0.1) is 4.90 Å². The highest BCUT2D eigenvalue weighted by Crippen LogP contribution is 2.32. The Kier molecular flexibility index (Phi) is 3.87.